The summed E-state index contributed by atoms with van der Waals surface area (Å²) in [6.07, 6.45) is 4.24. The van der Waals surface area contributed by atoms with Crippen LogP contribution in [0.1, 0.15) is 71.9 Å². The first-order valence-electron chi connectivity index (χ1n) is 14.7. The van der Waals surface area contributed by atoms with Gasteiger partial charge in [0, 0.05) is 12.1 Å². The maximum Gasteiger partial charge on any atom is 0.408 e. The summed E-state index contributed by atoms with van der Waals surface area (Å²) in [4.78, 5) is 38.1. The lowest BCUT2D eigenvalue weighted by molar-refractivity contribution is -0.118. The Hall–Kier alpha value is -4.47. The molecule has 44 heavy (non-hydrogen) atoms. The van der Waals surface area contributed by atoms with Crippen LogP contribution in [0, 0.1) is 0 Å². The summed E-state index contributed by atoms with van der Waals surface area (Å²) >= 11 is 0. The van der Waals surface area contributed by atoms with Crippen LogP contribution in [0.2, 0.25) is 0 Å². The van der Waals surface area contributed by atoms with Crippen LogP contribution in [0.3, 0.4) is 0 Å². The minimum Gasteiger partial charge on any atom is -0.508 e. The first kappa shape index (κ1) is 35.7. The Morgan fingerprint density at radius 1 is 0.886 bits per heavy atom. The van der Waals surface area contributed by atoms with E-state index in [0.717, 1.165) is 5.56 Å². The van der Waals surface area contributed by atoms with Crippen LogP contribution in [-0.4, -0.2) is 52.1 Å². The molecule has 2 aromatic carbocycles. The van der Waals surface area contributed by atoms with Gasteiger partial charge in [-0.3, -0.25) is 4.79 Å². The topological polar surface area (TPSA) is 146 Å². The van der Waals surface area contributed by atoms with Gasteiger partial charge in [-0.1, -0.05) is 18.2 Å². The molecule has 0 aliphatic carbocycles. The van der Waals surface area contributed by atoms with E-state index in [1.54, 1.807) is 84.0 Å². The zero-order valence-corrected chi connectivity index (χ0v) is 26.7. The predicted molar refractivity (Wildman–Crippen MR) is 173 cm³/mol. The van der Waals surface area contributed by atoms with Crippen molar-refractivity contribution in [3.8, 4) is 22.6 Å². The van der Waals surface area contributed by atoms with E-state index in [2.05, 4.69) is 29.1 Å². The summed E-state index contributed by atoms with van der Waals surface area (Å²) in [7, 11) is 0. The summed E-state index contributed by atoms with van der Waals surface area (Å²) in [5.74, 6) is -0.605. The van der Waals surface area contributed by atoms with Gasteiger partial charge < -0.3 is 35.6 Å². The summed E-state index contributed by atoms with van der Waals surface area (Å²) in [6.45, 7) is 18.3. The number of aromatic hydroxyl groups is 2. The van der Waals surface area contributed by atoms with Gasteiger partial charge in [-0.05, 0) is 115 Å². The third-order valence-electron chi connectivity index (χ3n) is 6.16. The van der Waals surface area contributed by atoms with Gasteiger partial charge in [0.25, 0.3) is 0 Å². The molecule has 240 valence electrons. The maximum atomic E-state index is 13.5. The molecule has 0 aromatic heterocycles. The van der Waals surface area contributed by atoms with Gasteiger partial charge >= 0.3 is 12.2 Å². The van der Waals surface area contributed by atoms with Gasteiger partial charge in [0.1, 0.15) is 28.7 Å². The number of benzene rings is 2. The third kappa shape index (κ3) is 12.0. The highest BCUT2D eigenvalue weighted by Gasteiger charge is 2.26. The number of anilines is 1. The number of carbonyl (C=O) groups is 3. The lowest BCUT2D eigenvalue weighted by Gasteiger charge is -2.24. The fourth-order valence-electron chi connectivity index (χ4n) is 4.28. The van der Waals surface area contributed by atoms with E-state index in [9.17, 15) is 24.6 Å². The summed E-state index contributed by atoms with van der Waals surface area (Å²) < 4.78 is 10.6. The standard InChI is InChI=1S/C34H47N3O7/c1-9-13-22-19-25(23-16-17-28(38)24(21-23)14-10-2)29(39)27(20-22)36-30(40)26(37-32(42)44-34(6,7)8)15-11-12-18-35-31(41)43-33(3,4)5/h9-10,16-17,19-21,26,38-39H,1-2,11-15,18H2,3-8H3,(H,35,41)(H,36,40)(H,37,42). The Morgan fingerprint density at radius 3 is 2.14 bits per heavy atom. The van der Waals surface area contributed by atoms with Gasteiger partial charge in [-0.15, -0.1) is 13.2 Å². The van der Waals surface area contributed by atoms with Crippen molar-refractivity contribution < 1.29 is 34.1 Å². The molecule has 10 heteroatoms. The van der Waals surface area contributed by atoms with Gasteiger partial charge in [0.15, 0.2) is 0 Å². The second kappa shape index (κ2) is 15.8. The average Bonchev–Trinajstić information content (AvgIpc) is 2.89. The van der Waals surface area contributed by atoms with Crippen LogP contribution in [0.15, 0.2) is 55.6 Å². The lowest BCUT2D eigenvalue weighted by atomic mass is 9.96. The minimum atomic E-state index is -0.995. The van der Waals surface area contributed by atoms with E-state index in [0.29, 0.717) is 48.9 Å². The molecule has 0 fully saturated rings. The number of hydrogen-bond acceptors (Lipinski definition) is 7. The van der Waals surface area contributed by atoms with Gasteiger partial charge in [0.2, 0.25) is 5.91 Å². The van der Waals surface area contributed by atoms with E-state index in [1.807, 2.05) is 0 Å². The van der Waals surface area contributed by atoms with Crippen molar-refractivity contribution in [1.82, 2.24) is 10.6 Å². The van der Waals surface area contributed by atoms with Crippen molar-refractivity contribution in [2.45, 2.75) is 90.9 Å². The molecule has 3 amide bonds. The molecule has 0 spiro atoms. The number of alkyl carbamates (subject to hydrolysis) is 2. The zero-order valence-electron chi connectivity index (χ0n) is 26.7. The third-order valence-corrected chi connectivity index (χ3v) is 6.16. The molecule has 0 saturated heterocycles. The largest absolute Gasteiger partial charge is 0.508 e. The fraction of sp³-hybridized carbons (Fsp3) is 0.441. The predicted octanol–water partition coefficient (Wildman–Crippen LogP) is 6.75. The molecule has 1 unspecified atom stereocenters. The number of hydrogen-bond donors (Lipinski definition) is 5. The average molecular weight is 610 g/mol. The van der Waals surface area contributed by atoms with E-state index in [-0.39, 0.29) is 23.6 Å². The zero-order chi connectivity index (χ0) is 33.1. The van der Waals surface area contributed by atoms with Crippen LogP contribution < -0.4 is 16.0 Å². The highest BCUT2D eigenvalue weighted by molar-refractivity contribution is 5.99. The van der Waals surface area contributed by atoms with E-state index >= 15 is 0 Å². The number of unbranched alkanes of at least 4 members (excludes halogenated alkanes) is 1. The minimum absolute atomic E-state index is 0.112. The molecule has 1 atom stereocenters. The molecular weight excluding hydrogens is 562 g/mol. The van der Waals surface area contributed by atoms with Crippen molar-refractivity contribution in [3.63, 3.8) is 0 Å². The normalized spacial score (nSPS) is 12.0. The molecule has 0 aliphatic heterocycles. The van der Waals surface area contributed by atoms with E-state index in [4.69, 9.17) is 9.47 Å². The van der Waals surface area contributed by atoms with Gasteiger partial charge in [0.05, 0.1) is 5.69 Å². The number of phenols is 2. The molecule has 0 aliphatic rings. The van der Waals surface area contributed by atoms with Crippen LogP contribution in [0.4, 0.5) is 15.3 Å². The van der Waals surface area contributed by atoms with Gasteiger partial charge in [-0.2, -0.15) is 0 Å². The van der Waals surface area contributed by atoms with E-state index in [1.165, 1.54) is 0 Å². The number of nitrogens with one attached hydrogen (secondary N) is 3. The number of ether oxygens (including phenoxy) is 2. The molecule has 10 nitrogen and oxygen atoms in total. The number of amides is 3. The van der Waals surface area contributed by atoms with Crippen molar-refractivity contribution in [3.05, 3.63) is 66.8 Å². The van der Waals surface area contributed by atoms with E-state index < -0.39 is 35.3 Å². The Labute approximate surface area is 260 Å². The number of rotatable bonds is 13. The maximum absolute atomic E-state index is 13.5. The highest BCUT2D eigenvalue weighted by atomic mass is 16.6. The summed E-state index contributed by atoms with van der Waals surface area (Å²) in [6, 6.07) is 7.44. The Morgan fingerprint density at radius 2 is 1.52 bits per heavy atom. The molecule has 5 N–H and O–H groups in total. The number of allylic oxidation sites excluding steroid dienone is 2. The summed E-state index contributed by atoms with van der Waals surface area (Å²) in [5, 5.41) is 29.6. The van der Waals surface area contributed by atoms with Crippen molar-refractivity contribution in [2.24, 2.45) is 0 Å². The van der Waals surface area contributed by atoms with Gasteiger partial charge in [-0.25, -0.2) is 9.59 Å². The Bertz CT molecular complexity index is 1340. The molecule has 2 rings (SSSR count). The van der Waals surface area contributed by atoms with Crippen LogP contribution >= 0.6 is 0 Å². The quantitative estimate of drug-likeness (QED) is 0.0959. The van der Waals surface area contributed by atoms with Crippen molar-refractivity contribution in [1.29, 1.82) is 0 Å². The molecule has 0 heterocycles. The van der Waals surface area contributed by atoms with Crippen LogP contribution in [0.25, 0.3) is 11.1 Å². The highest BCUT2D eigenvalue weighted by Crippen LogP contribution is 2.39. The second-order valence-corrected chi connectivity index (χ2v) is 12.5. The van der Waals surface area contributed by atoms with Crippen molar-refractivity contribution in [2.75, 3.05) is 11.9 Å². The molecule has 0 bridgehead atoms. The molecule has 0 saturated carbocycles. The first-order chi connectivity index (χ1) is 20.5. The SMILES string of the molecule is C=CCc1cc(NC(=O)C(CCCCNC(=O)OC(C)(C)C)NC(=O)OC(C)(C)C)c(O)c(-c2ccc(O)c(CC=C)c2)c1. The molecule has 0 radical (unpaired) electrons. The second-order valence-electron chi connectivity index (χ2n) is 12.5. The lowest BCUT2D eigenvalue weighted by Crippen LogP contribution is -2.45. The van der Waals surface area contributed by atoms with Crippen molar-refractivity contribution >= 4 is 23.8 Å². The Balaban J connectivity index is 2.29. The summed E-state index contributed by atoms with van der Waals surface area (Å²) in [5.41, 5.74) is 1.28. The van der Waals surface area contributed by atoms with Crippen LogP contribution in [0.5, 0.6) is 11.5 Å². The number of phenolic OH excluding ortho intramolecular Hbond substituents is 2. The van der Waals surface area contributed by atoms with Crippen LogP contribution in [-0.2, 0) is 27.1 Å². The first-order valence-corrected chi connectivity index (χ1v) is 14.7. The monoisotopic (exact) mass is 609 g/mol. The smallest absolute Gasteiger partial charge is 0.408 e. The molecule has 2 aromatic rings. The molecular formula is C34H47N3O7. The fourth-order valence-corrected chi connectivity index (χ4v) is 4.28. The number of carbonyl (C=O) groups excluding carboxylic acids is 3. The Kier molecular flexibility index (Phi) is 12.9.